The van der Waals surface area contributed by atoms with E-state index in [1.54, 1.807) is 6.21 Å². The average Bonchev–Trinajstić information content (AvgIpc) is 2.91. The van der Waals surface area contributed by atoms with E-state index in [0.717, 1.165) is 18.7 Å². The van der Waals surface area contributed by atoms with Gasteiger partial charge >= 0.3 is 0 Å². The predicted molar refractivity (Wildman–Crippen MR) is 96.5 cm³/mol. The van der Waals surface area contributed by atoms with Crippen LogP contribution in [0, 0.1) is 0 Å². The molecular formula is C18H28N4O. The van der Waals surface area contributed by atoms with Gasteiger partial charge in [0.2, 0.25) is 5.96 Å². The molecule has 0 aliphatic carbocycles. The fourth-order valence-corrected chi connectivity index (χ4v) is 2.40. The molecule has 23 heavy (non-hydrogen) atoms. The number of hydrazone groups is 1. The van der Waals surface area contributed by atoms with Gasteiger partial charge in [-0.2, -0.15) is 5.10 Å². The van der Waals surface area contributed by atoms with Crippen LogP contribution in [0.15, 0.2) is 22.2 Å². The van der Waals surface area contributed by atoms with Crippen molar-refractivity contribution >= 4 is 12.2 Å². The normalized spacial score (nSPS) is 15.7. The number of hydrogen-bond donors (Lipinski definition) is 3. The minimum atomic E-state index is -0.140. The first-order valence-electron chi connectivity index (χ1n) is 8.04. The van der Waals surface area contributed by atoms with E-state index in [1.165, 1.54) is 5.56 Å². The van der Waals surface area contributed by atoms with Crippen LogP contribution in [-0.2, 0) is 10.8 Å². The van der Waals surface area contributed by atoms with Gasteiger partial charge in [0, 0.05) is 17.7 Å². The van der Waals surface area contributed by atoms with Crippen LogP contribution in [0.5, 0.6) is 5.75 Å². The number of aromatic hydroxyl groups is 1. The van der Waals surface area contributed by atoms with Gasteiger partial charge in [-0.25, -0.2) is 10.4 Å². The molecule has 1 aromatic carbocycles. The van der Waals surface area contributed by atoms with Crippen LogP contribution in [0.3, 0.4) is 0 Å². The standard InChI is InChI=1S/C18H28N4O/c1-17(2,3)13-9-12(11-21-22-16-19-7-8-20-16)15(23)14(10-13)18(4,5)6/h9-11,23H,7-8H2,1-6H3,(H2,19,20,22)/b21-11+. The number of benzene rings is 1. The maximum absolute atomic E-state index is 10.6. The highest BCUT2D eigenvalue weighted by molar-refractivity contribution is 5.87. The molecule has 0 fully saturated rings. The van der Waals surface area contributed by atoms with Gasteiger partial charge in [0.05, 0.1) is 12.8 Å². The van der Waals surface area contributed by atoms with Crippen molar-refractivity contribution in [3.63, 3.8) is 0 Å². The molecule has 5 heteroatoms. The zero-order chi connectivity index (χ0) is 17.3. The van der Waals surface area contributed by atoms with Crippen molar-refractivity contribution in [2.75, 3.05) is 13.1 Å². The molecular weight excluding hydrogens is 288 g/mol. The van der Waals surface area contributed by atoms with E-state index in [0.29, 0.717) is 11.5 Å². The number of phenols is 1. The molecule has 5 nitrogen and oxygen atoms in total. The monoisotopic (exact) mass is 316 g/mol. The topological polar surface area (TPSA) is 69.0 Å². The SMILES string of the molecule is CC(C)(C)c1cc(/C=N/NC2=NCCN2)c(O)c(C(C)(C)C)c1. The zero-order valence-electron chi connectivity index (χ0n) is 15.0. The summed E-state index contributed by atoms with van der Waals surface area (Å²) < 4.78 is 0. The molecule has 2 rings (SSSR count). The summed E-state index contributed by atoms with van der Waals surface area (Å²) in [7, 11) is 0. The Morgan fingerprint density at radius 3 is 2.39 bits per heavy atom. The first-order chi connectivity index (χ1) is 10.6. The zero-order valence-corrected chi connectivity index (χ0v) is 15.0. The largest absolute Gasteiger partial charge is 0.507 e. The Hall–Kier alpha value is -2.04. The predicted octanol–water partition coefficient (Wildman–Crippen LogP) is 2.87. The lowest BCUT2D eigenvalue weighted by Crippen LogP contribution is -2.30. The summed E-state index contributed by atoms with van der Waals surface area (Å²) >= 11 is 0. The lowest BCUT2D eigenvalue weighted by Gasteiger charge is -2.26. The van der Waals surface area contributed by atoms with Crippen LogP contribution in [0.4, 0.5) is 0 Å². The van der Waals surface area contributed by atoms with Crippen molar-refractivity contribution < 1.29 is 5.11 Å². The summed E-state index contributed by atoms with van der Waals surface area (Å²) in [6.45, 7) is 14.4. The summed E-state index contributed by atoms with van der Waals surface area (Å²) in [5, 5.41) is 17.9. The Balaban J connectivity index is 2.38. The molecule has 0 amide bonds. The molecule has 1 aliphatic heterocycles. The number of phenolic OH excluding ortho intramolecular Hbond substituents is 1. The van der Waals surface area contributed by atoms with E-state index < -0.39 is 0 Å². The van der Waals surface area contributed by atoms with Crippen LogP contribution in [0.1, 0.15) is 58.2 Å². The number of nitrogens with zero attached hydrogens (tertiary/aromatic N) is 2. The van der Waals surface area contributed by atoms with E-state index in [4.69, 9.17) is 0 Å². The van der Waals surface area contributed by atoms with Crippen molar-refractivity contribution in [2.45, 2.75) is 52.4 Å². The summed E-state index contributed by atoms with van der Waals surface area (Å²) in [5.41, 5.74) is 5.56. The van der Waals surface area contributed by atoms with Crippen LogP contribution in [0.25, 0.3) is 0 Å². The number of rotatable bonds is 2. The van der Waals surface area contributed by atoms with Crippen molar-refractivity contribution in [1.82, 2.24) is 10.7 Å². The lowest BCUT2D eigenvalue weighted by molar-refractivity contribution is 0.444. The average molecular weight is 316 g/mol. The van der Waals surface area contributed by atoms with Crippen molar-refractivity contribution in [2.24, 2.45) is 10.1 Å². The second-order valence-corrected chi connectivity index (χ2v) is 7.99. The minimum Gasteiger partial charge on any atom is -0.507 e. The van der Waals surface area contributed by atoms with E-state index >= 15 is 0 Å². The van der Waals surface area contributed by atoms with Crippen LogP contribution in [0.2, 0.25) is 0 Å². The van der Waals surface area contributed by atoms with Gasteiger partial charge in [-0.3, -0.25) is 0 Å². The quantitative estimate of drug-likeness (QED) is 0.580. The molecule has 3 N–H and O–H groups in total. The molecule has 0 bridgehead atoms. The third kappa shape index (κ3) is 4.24. The first-order valence-corrected chi connectivity index (χ1v) is 8.04. The fourth-order valence-electron chi connectivity index (χ4n) is 2.40. The fraction of sp³-hybridized carbons (Fsp3) is 0.556. The highest BCUT2D eigenvalue weighted by atomic mass is 16.3. The van der Waals surface area contributed by atoms with E-state index in [2.05, 4.69) is 68.4 Å². The maximum Gasteiger partial charge on any atom is 0.212 e. The highest BCUT2D eigenvalue weighted by Crippen LogP contribution is 2.36. The third-order valence-electron chi connectivity index (χ3n) is 3.86. The summed E-state index contributed by atoms with van der Waals surface area (Å²) in [6.07, 6.45) is 1.66. The second-order valence-electron chi connectivity index (χ2n) is 7.99. The molecule has 0 aromatic heterocycles. The molecule has 0 radical (unpaired) electrons. The molecule has 1 aliphatic rings. The number of guanidine groups is 1. The van der Waals surface area contributed by atoms with Crippen LogP contribution < -0.4 is 10.7 Å². The molecule has 0 saturated heterocycles. The summed E-state index contributed by atoms with van der Waals surface area (Å²) in [4.78, 5) is 4.22. The summed E-state index contributed by atoms with van der Waals surface area (Å²) in [5.74, 6) is 0.959. The van der Waals surface area contributed by atoms with Crippen LogP contribution >= 0.6 is 0 Å². The Bertz CT molecular complexity index is 634. The maximum atomic E-state index is 10.6. The second kappa shape index (κ2) is 6.22. The number of aliphatic imine (C=N–C) groups is 1. The van der Waals surface area contributed by atoms with Crippen molar-refractivity contribution in [3.05, 3.63) is 28.8 Å². The van der Waals surface area contributed by atoms with Gasteiger partial charge < -0.3 is 10.4 Å². The van der Waals surface area contributed by atoms with E-state index in [9.17, 15) is 5.11 Å². The Kier molecular flexibility index (Phi) is 4.68. The molecule has 0 saturated carbocycles. The Labute approximate surface area is 138 Å². The van der Waals surface area contributed by atoms with Gasteiger partial charge in [-0.1, -0.05) is 47.6 Å². The van der Waals surface area contributed by atoms with Gasteiger partial charge in [0.1, 0.15) is 5.75 Å². The van der Waals surface area contributed by atoms with Gasteiger partial charge in [-0.15, -0.1) is 0 Å². The summed E-state index contributed by atoms with van der Waals surface area (Å²) in [6, 6.07) is 4.10. The molecule has 1 heterocycles. The first kappa shape index (κ1) is 17.3. The molecule has 0 spiro atoms. The minimum absolute atomic E-state index is 0.000803. The van der Waals surface area contributed by atoms with Crippen LogP contribution in [-0.4, -0.2) is 30.4 Å². The smallest absolute Gasteiger partial charge is 0.212 e. The number of hydrogen-bond acceptors (Lipinski definition) is 5. The highest BCUT2D eigenvalue weighted by Gasteiger charge is 2.24. The lowest BCUT2D eigenvalue weighted by atomic mass is 9.79. The van der Waals surface area contributed by atoms with Gasteiger partial charge in [-0.05, 0) is 22.5 Å². The molecule has 126 valence electrons. The molecule has 1 aromatic rings. The molecule has 0 atom stereocenters. The number of nitrogens with one attached hydrogen (secondary N) is 2. The molecule has 0 unspecified atom stereocenters. The van der Waals surface area contributed by atoms with E-state index in [-0.39, 0.29) is 16.6 Å². The van der Waals surface area contributed by atoms with Gasteiger partial charge in [0.25, 0.3) is 0 Å². The Morgan fingerprint density at radius 1 is 1.17 bits per heavy atom. The third-order valence-corrected chi connectivity index (χ3v) is 3.86. The van der Waals surface area contributed by atoms with E-state index in [1.807, 2.05) is 6.07 Å². The Morgan fingerprint density at radius 2 is 1.87 bits per heavy atom. The van der Waals surface area contributed by atoms with Gasteiger partial charge in [0.15, 0.2) is 0 Å². The van der Waals surface area contributed by atoms with Crippen molar-refractivity contribution in [3.8, 4) is 5.75 Å². The van der Waals surface area contributed by atoms with Crippen molar-refractivity contribution in [1.29, 1.82) is 0 Å².